The van der Waals surface area contributed by atoms with Crippen LogP contribution in [0.3, 0.4) is 0 Å². The molecule has 11 nitrogen and oxygen atoms in total. The van der Waals surface area contributed by atoms with E-state index in [9.17, 15) is 23.1 Å². The first-order valence-corrected chi connectivity index (χ1v) is 17.9. The smallest absolute Gasteiger partial charge is 0.421 e. The van der Waals surface area contributed by atoms with E-state index in [2.05, 4.69) is 25.9 Å². The van der Waals surface area contributed by atoms with Gasteiger partial charge in [0.05, 0.1) is 36.7 Å². The molecule has 1 amide bonds. The fraction of sp³-hybridized carbons (Fsp3) is 0.421. The number of ether oxygens (including phenoxy) is 3. The lowest BCUT2D eigenvalue weighted by Crippen LogP contribution is -2.35. The summed E-state index contributed by atoms with van der Waals surface area (Å²) in [6.07, 6.45) is -1.41. The van der Waals surface area contributed by atoms with Crippen molar-refractivity contribution in [3.8, 4) is 40.2 Å². The van der Waals surface area contributed by atoms with E-state index in [1.165, 1.54) is 7.11 Å². The number of carbonyl (C=O) groups excluding carboxylic acids is 1. The van der Waals surface area contributed by atoms with Gasteiger partial charge in [0, 0.05) is 67.1 Å². The van der Waals surface area contributed by atoms with Crippen LogP contribution in [0.5, 0.6) is 17.6 Å². The number of rotatable bonds is 14. The maximum atomic E-state index is 14.4. The summed E-state index contributed by atoms with van der Waals surface area (Å²) in [7, 11) is 2.89. The van der Waals surface area contributed by atoms with Crippen LogP contribution in [0, 0.1) is 0 Å². The van der Waals surface area contributed by atoms with Crippen molar-refractivity contribution in [2.45, 2.75) is 76.5 Å². The Balaban J connectivity index is 1.27. The molecule has 1 unspecified atom stereocenters. The number of methoxy groups -OCH3 is 2. The number of carbonyl (C=O) groups is 1. The van der Waals surface area contributed by atoms with Crippen LogP contribution >= 0.6 is 11.6 Å². The van der Waals surface area contributed by atoms with E-state index < -0.39 is 29.8 Å². The van der Waals surface area contributed by atoms with Gasteiger partial charge in [-0.25, -0.2) is 4.98 Å². The maximum absolute atomic E-state index is 14.4. The van der Waals surface area contributed by atoms with Gasteiger partial charge in [0.25, 0.3) is 0 Å². The van der Waals surface area contributed by atoms with Gasteiger partial charge in [-0.2, -0.15) is 18.2 Å². The average Bonchev–Trinajstić information content (AvgIpc) is 3.56. The molecule has 2 aliphatic rings. The molecule has 0 radical (unpaired) electrons. The molecule has 0 spiro atoms. The summed E-state index contributed by atoms with van der Waals surface area (Å²) in [5.74, 6) is -0.0718. The van der Waals surface area contributed by atoms with Crippen LogP contribution in [0.15, 0.2) is 48.7 Å². The van der Waals surface area contributed by atoms with Gasteiger partial charge in [0.2, 0.25) is 23.5 Å². The van der Waals surface area contributed by atoms with Crippen LogP contribution in [0.25, 0.3) is 22.5 Å². The minimum Gasteiger partial charge on any atom is -0.481 e. The number of benzene rings is 1. The number of amides is 1. The monoisotopic (exact) mass is 754 g/mol. The molecule has 1 saturated heterocycles. The van der Waals surface area contributed by atoms with Gasteiger partial charge in [-0.05, 0) is 61.9 Å². The van der Waals surface area contributed by atoms with E-state index in [0.29, 0.717) is 66.6 Å². The molecule has 4 aromatic rings. The van der Waals surface area contributed by atoms with E-state index in [1.807, 2.05) is 30.3 Å². The van der Waals surface area contributed by atoms with Gasteiger partial charge < -0.3 is 35.3 Å². The average molecular weight is 755 g/mol. The third-order valence-electron chi connectivity index (χ3n) is 9.33. The number of pyridine rings is 3. The zero-order chi connectivity index (χ0) is 37.7. The molecule has 6 rings (SSSR count). The van der Waals surface area contributed by atoms with Crippen molar-refractivity contribution in [1.82, 2.24) is 30.9 Å². The molecule has 15 heteroatoms. The van der Waals surface area contributed by atoms with Crippen LogP contribution in [-0.4, -0.2) is 65.4 Å². The van der Waals surface area contributed by atoms with Crippen LogP contribution in [-0.2, 0) is 30.5 Å². The molecule has 3 atom stereocenters. The fourth-order valence-corrected chi connectivity index (χ4v) is 7.10. The molecule has 4 N–H and O–H groups in total. The Morgan fingerprint density at radius 2 is 1.75 bits per heavy atom. The molecule has 0 bridgehead atoms. The van der Waals surface area contributed by atoms with Gasteiger partial charge in [0.1, 0.15) is 11.7 Å². The van der Waals surface area contributed by atoms with Crippen molar-refractivity contribution in [2.75, 3.05) is 27.3 Å². The third-order valence-corrected chi connectivity index (χ3v) is 9.71. The summed E-state index contributed by atoms with van der Waals surface area (Å²) >= 11 is 7.07. The second-order valence-corrected chi connectivity index (χ2v) is 13.6. The first kappa shape index (κ1) is 38.2. The molecule has 3 aromatic heterocycles. The summed E-state index contributed by atoms with van der Waals surface area (Å²) in [4.78, 5) is 25.1. The van der Waals surface area contributed by atoms with Gasteiger partial charge in [-0.3, -0.25) is 9.78 Å². The van der Waals surface area contributed by atoms with Crippen molar-refractivity contribution in [3.63, 3.8) is 0 Å². The molecular formula is C38H42ClF3N6O5. The van der Waals surface area contributed by atoms with Crippen LogP contribution < -0.4 is 30.2 Å². The van der Waals surface area contributed by atoms with Crippen LogP contribution in [0.2, 0.25) is 5.02 Å². The van der Waals surface area contributed by atoms with Crippen molar-refractivity contribution < 1.29 is 37.3 Å². The first-order chi connectivity index (χ1) is 25.5. The lowest BCUT2D eigenvalue weighted by Gasteiger charge is -2.29. The number of fused-ring (bicyclic) bond motifs is 1. The minimum absolute atomic E-state index is 0.00252. The SMILES string of the molecule is COc1nc(-c2ccnc(-c3cccc4c3CCC[C@H]4Oc3nc(OC)c(CNCC(C)O)cc3C(F)(F)F)c2Cl)ccc1CNC[C@@H]1CCC(=O)N1. The lowest BCUT2D eigenvalue weighted by molar-refractivity contribution is -0.139. The number of aromatic nitrogens is 3. The summed E-state index contributed by atoms with van der Waals surface area (Å²) in [5.41, 5.74) is 4.09. The number of hydrogen-bond acceptors (Lipinski definition) is 10. The fourth-order valence-electron chi connectivity index (χ4n) is 6.79. The largest absolute Gasteiger partial charge is 0.481 e. The van der Waals surface area contributed by atoms with Gasteiger partial charge >= 0.3 is 6.18 Å². The van der Waals surface area contributed by atoms with Gasteiger partial charge in [0.15, 0.2) is 0 Å². The van der Waals surface area contributed by atoms with Gasteiger partial charge in [-0.15, -0.1) is 0 Å². The number of aliphatic hydroxyl groups is 1. The molecule has 0 saturated carbocycles. The summed E-state index contributed by atoms with van der Waals surface area (Å²) in [5, 5.41) is 19.2. The van der Waals surface area contributed by atoms with Crippen molar-refractivity contribution in [2.24, 2.45) is 0 Å². The summed E-state index contributed by atoms with van der Waals surface area (Å²) < 4.78 is 60.3. The maximum Gasteiger partial charge on any atom is 0.421 e. The Bertz CT molecular complexity index is 1950. The number of hydrogen-bond donors (Lipinski definition) is 4. The Morgan fingerprint density at radius 3 is 2.47 bits per heavy atom. The zero-order valence-corrected chi connectivity index (χ0v) is 30.4. The minimum atomic E-state index is -4.75. The Labute approximate surface area is 310 Å². The number of nitrogens with zero attached hydrogens (tertiary/aromatic N) is 3. The van der Waals surface area contributed by atoms with E-state index in [-0.39, 0.29) is 36.5 Å². The molecule has 1 fully saturated rings. The third kappa shape index (κ3) is 8.84. The van der Waals surface area contributed by atoms with Crippen molar-refractivity contribution in [1.29, 1.82) is 0 Å². The van der Waals surface area contributed by atoms with E-state index in [0.717, 1.165) is 34.7 Å². The summed E-state index contributed by atoms with van der Waals surface area (Å²) in [6.45, 7) is 2.90. The molecule has 4 heterocycles. The van der Waals surface area contributed by atoms with E-state index >= 15 is 0 Å². The van der Waals surface area contributed by atoms with Crippen LogP contribution in [0.1, 0.15) is 66.5 Å². The lowest BCUT2D eigenvalue weighted by atomic mass is 9.85. The number of halogens is 4. The van der Waals surface area contributed by atoms with Gasteiger partial charge in [-0.1, -0.05) is 35.9 Å². The molecule has 1 aliphatic carbocycles. The highest BCUT2D eigenvalue weighted by Crippen LogP contribution is 2.44. The van der Waals surface area contributed by atoms with Crippen LogP contribution in [0.4, 0.5) is 13.2 Å². The van der Waals surface area contributed by atoms with E-state index in [1.54, 1.807) is 26.3 Å². The molecule has 1 aromatic carbocycles. The zero-order valence-electron chi connectivity index (χ0n) is 29.6. The normalized spacial score (nSPS) is 17.6. The van der Waals surface area contributed by atoms with E-state index in [4.69, 9.17) is 30.8 Å². The second kappa shape index (κ2) is 16.7. The highest BCUT2D eigenvalue weighted by Gasteiger charge is 2.38. The first-order valence-electron chi connectivity index (χ1n) is 17.5. The highest BCUT2D eigenvalue weighted by molar-refractivity contribution is 6.35. The molecule has 1 aliphatic heterocycles. The predicted molar refractivity (Wildman–Crippen MR) is 193 cm³/mol. The standard InChI is InChI=1S/C38H42ClF3N6O5/c1-21(49)17-43-19-23-16-29(38(40,41)42)37(48-36(23)52-3)53-31-9-5-6-25-26(31)7-4-8-27(25)34-33(39)28(14-15-45-34)30-12-10-22(35(47-30)51-2)18-44-20-24-11-13-32(50)46-24/h4,7-8,10,12,14-16,21,24,31,43-44,49H,5-6,9,11,13,17-20H2,1-3H3,(H,46,50)/t21?,24-,31+/m0/s1. The Morgan fingerprint density at radius 1 is 0.981 bits per heavy atom. The molecule has 282 valence electrons. The van der Waals surface area contributed by atoms with Crippen molar-refractivity contribution >= 4 is 17.5 Å². The van der Waals surface area contributed by atoms with Crippen molar-refractivity contribution in [3.05, 3.63) is 81.5 Å². The Kier molecular flexibility index (Phi) is 12.0. The molecular weight excluding hydrogens is 713 g/mol. The molecule has 53 heavy (non-hydrogen) atoms. The highest BCUT2D eigenvalue weighted by atomic mass is 35.5. The predicted octanol–water partition coefficient (Wildman–Crippen LogP) is 6.19. The quantitative estimate of drug-likeness (QED) is 0.118. The second-order valence-electron chi connectivity index (χ2n) is 13.2. The topological polar surface area (TPSA) is 140 Å². The number of alkyl halides is 3. The number of nitrogens with one attached hydrogen (secondary N) is 3. The Hall–Kier alpha value is -4.50. The number of aliphatic hydroxyl groups excluding tert-OH is 1. The summed E-state index contributed by atoms with van der Waals surface area (Å²) in [6, 6.07) is 12.2.